The molecule has 0 N–H and O–H groups in total. The van der Waals surface area contributed by atoms with E-state index in [1.807, 2.05) is 30.3 Å². The zero-order valence-electron chi connectivity index (χ0n) is 20.4. The van der Waals surface area contributed by atoms with Crippen molar-refractivity contribution in [3.63, 3.8) is 0 Å². The maximum atomic E-state index is 5.59. The van der Waals surface area contributed by atoms with E-state index in [2.05, 4.69) is 59.0 Å². The molecule has 4 rings (SSSR count). The van der Waals surface area contributed by atoms with E-state index in [9.17, 15) is 0 Å². The quantitative estimate of drug-likeness (QED) is 0.476. The number of anilines is 1. The standard InChI is InChI=1S/C27H36N4O2/c1-21-10-11-26(22(2)18-21)31-16-14-30(15-17-31)13-7-12-29(3)20-23-19-25(28-33-23)24-8-5-6-9-27(24)32-4/h5-6,8-11,18-19H,7,12-17,20H2,1-4H3. The predicted molar refractivity (Wildman–Crippen MR) is 134 cm³/mol. The molecule has 0 saturated carbocycles. The number of benzene rings is 2. The Bertz CT molecular complexity index is 1040. The van der Waals surface area contributed by atoms with Gasteiger partial charge in [-0.05, 0) is 64.2 Å². The lowest BCUT2D eigenvalue weighted by atomic mass is 10.1. The van der Waals surface area contributed by atoms with Gasteiger partial charge in [-0.15, -0.1) is 0 Å². The van der Waals surface area contributed by atoms with Gasteiger partial charge in [0.05, 0.1) is 13.7 Å². The van der Waals surface area contributed by atoms with Crippen molar-refractivity contribution in [1.29, 1.82) is 0 Å². The molecule has 176 valence electrons. The fourth-order valence-electron chi connectivity index (χ4n) is 4.65. The number of ether oxygens (including phenoxy) is 1. The highest BCUT2D eigenvalue weighted by molar-refractivity contribution is 5.66. The molecule has 1 aliphatic rings. The molecule has 0 amide bonds. The third kappa shape index (κ3) is 5.95. The van der Waals surface area contributed by atoms with Gasteiger partial charge in [0.2, 0.25) is 0 Å². The van der Waals surface area contributed by atoms with Crippen LogP contribution in [0.1, 0.15) is 23.3 Å². The second-order valence-corrected chi connectivity index (χ2v) is 9.09. The zero-order valence-corrected chi connectivity index (χ0v) is 20.4. The Morgan fingerprint density at radius 2 is 1.82 bits per heavy atom. The summed E-state index contributed by atoms with van der Waals surface area (Å²) in [6.07, 6.45) is 1.15. The highest BCUT2D eigenvalue weighted by Crippen LogP contribution is 2.29. The van der Waals surface area contributed by atoms with Crippen molar-refractivity contribution >= 4 is 5.69 Å². The van der Waals surface area contributed by atoms with Gasteiger partial charge in [0, 0.05) is 43.5 Å². The van der Waals surface area contributed by atoms with Gasteiger partial charge in [-0.25, -0.2) is 0 Å². The van der Waals surface area contributed by atoms with Crippen molar-refractivity contribution in [2.45, 2.75) is 26.8 Å². The SMILES string of the molecule is COc1ccccc1-c1cc(CN(C)CCCN2CCN(c3ccc(C)cc3C)CC2)on1. The lowest BCUT2D eigenvalue weighted by molar-refractivity contribution is 0.223. The van der Waals surface area contributed by atoms with Crippen LogP contribution in [0.4, 0.5) is 5.69 Å². The molecule has 1 aliphatic heterocycles. The van der Waals surface area contributed by atoms with E-state index in [1.165, 1.54) is 16.8 Å². The van der Waals surface area contributed by atoms with Crippen molar-refractivity contribution in [1.82, 2.24) is 15.0 Å². The average molecular weight is 449 g/mol. The molecule has 0 radical (unpaired) electrons. The van der Waals surface area contributed by atoms with E-state index in [0.29, 0.717) is 0 Å². The van der Waals surface area contributed by atoms with E-state index in [1.54, 1.807) is 7.11 Å². The Kier molecular flexibility index (Phi) is 7.68. The van der Waals surface area contributed by atoms with Gasteiger partial charge in [-0.1, -0.05) is 35.0 Å². The summed E-state index contributed by atoms with van der Waals surface area (Å²) >= 11 is 0. The molecule has 33 heavy (non-hydrogen) atoms. The summed E-state index contributed by atoms with van der Waals surface area (Å²) in [7, 11) is 3.82. The normalized spacial score (nSPS) is 14.8. The van der Waals surface area contributed by atoms with Crippen LogP contribution in [0.2, 0.25) is 0 Å². The Balaban J connectivity index is 1.20. The fourth-order valence-corrected chi connectivity index (χ4v) is 4.65. The van der Waals surface area contributed by atoms with Crippen molar-refractivity contribution in [2.24, 2.45) is 0 Å². The Hall–Kier alpha value is -2.83. The highest BCUT2D eigenvalue weighted by atomic mass is 16.5. The smallest absolute Gasteiger partial charge is 0.151 e. The summed E-state index contributed by atoms with van der Waals surface area (Å²) in [4.78, 5) is 7.42. The van der Waals surface area contributed by atoms with Crippen LogP contribution >= 0.6 is 0 Å². The first kappa shape index (κ1) is 23.3. The molecule has 6 heteroatoms. The number of para-hydroxylation sites is 1. The largest absolute Gasteiger partial charge is 0.496 e. The topological polar surface area (TPSA) is 45.0 Å². The molecule has 0 unspecified atom stereocenters. The number of nitrogens with zero attached hydrogens (tertiary/aromatic N) is 4. The summed E-state index contributed by atoms with van der Waals surface area (Å²) in [6, 6.07) is 16.7. The van der Waals surface area contributed by atoms with E-state index >= 15 is 0 Å². The van der Waals surface area contributed by atoms with Crippen LogP contribution in [-0.4, -0.2) is 68.4 Å². The zero-order chi connectivity index (χ0) is 23.2. The molecule has 0 atom stereocenters. The number of hydrogen-bond donors (Lipinski definition) is 0. The lowest BCUT2D eigenvalue weighted by Gasteiger charge is -2.37. The number of rotatable bonds is 9. The van der Waals surface area contributed by atoms with E-state index in [-0.39, 0.29) is 0 Å². The van der Waals surface area contributed by atoms with Crippen LogP contribution in [-0.2, 0) is 6.54 Å². The molecule has 2 heterocycles. The number of aryl methyl sites for hydroxylation is 2. The maximum absolute atomic E-state index is 5.59. The van der Waals surface area contributed by atoms with Crippen LogP contribution in [0, 0.1) is 13.8 Å². The van der Waals surface area contributed by atoms with Crippen molar-refractivity contribution in [2.75, 3.05) is 58.3 Å². The fraction of sp³-hybridized carbons (Fsp3) is 0.444. The predicted octanol–water partition coefficient (Wildman–Crippen LogP) is 4.61. The van der Waals surface area contributed by atoms with Crippen LogP contribution < -0.4 is 9.64 Å². The number of piperazine rings is 1. The number of methoxy groups -OCH3 is 1. The van der Waals surface area contributed by atoms with Crippen molar-refractivity contribution in [3.8, 4) is 17.0 Å². The molecular formula is C27H36N4O2. The Labute approximate surface area is 197 Å². The molecule has 1 aromatic heterocycles. The van der Waals surface area contributed by atoms with E-state index < -0.39 is 0 Å². The summed E-state index contributed by atoms with van der Waals surface area (Å²) in [5.74, 6) is 1.68. The van der Waals surface area contributed by atoms with Gasteiger partial charge < -0.3 is 14.2 Å². The van der Waals surface area contributed by atoms with Crippen LogP contribution in [0.25, 0.3) is 11.3 Å². The molecule has 0 spiro atoms. The molecule has 1 saturated heterocycles. The minimum absolute atomic E-state index is 0.753. The van der Waals surface area contributed by atoms with E-state index in [4.69, 9.17) is 9.26 Å². The van der Waals surface area contributed by atoms with Gasteiger partial charge in [0.15, 0.2) is 5.76 Å². The molecular weight excluding hydrogens is 412 g/mol. The second kappa shape index (κ2) is 10.9. The molecule has 0 bridgehead atoms. The average Bonchev–Trinajstić information content (AvgIpc) is 3.28. The number of aromatic nitrogens is 1. The summed E-state index contributed by atoms with van der Waals surface area (Å²) in [6.45, 7) is 11.8. The van der Waals surface area contributed by atoms with Gasteiger partial charge >= 0.3 is 0 Å². The number of hydrogen-bond acceptors (Lipinski definition) is 6. The second-order valence-electron chi connectivity index (χ2n) is 9.09. The van der Waals surface area contributed by atoms with E-state index in [0.717, 1.165) is 75.0 Å². The Morgan fingerprint density at radius 3 is 2.58 bits per heavy atom. The molecule has 6 nitrogen and oxygen atoms in total. The first-order chi connectivity index (χ1) is 16.0. The lowest BCUT2D eigenvalue weighted by Crippen LogP contribution is -2.47. The van der Waals surface area contributed by atoms with Crippen molar-refractivity contribution in [3.05, 3.63) is 65.4 Å². The molecule has 3 aromatic rings. The van der Waals surface area contributed by atoms with Crippen molar-refractivity contribution < 1.29 is 9.26 Å². The van der Waals surface area contributed by atoms with Gasteiger partial charge in [0.25, 0.3) is 0 Å². The van der Waals surface area contributed by atoms with Crippen LogP contribution in [0.3, 0.4) is 0 Å². The first-order valence-electron chi connectivity index (χ1n) is 11.9. The summed E-state index contributed by atoms with van der Waals surface area (Å²) < 4.78 is 11.0. The minimum Gasteiger partial charge on any atom is -0.496 e. The Morgan fingerprint density at radius 1 is 1.03 bits per heavy atom. The monoisotopic (exact) mass is 448 g/mol. The molecule has 1 fully saturated rings. The first-order valence-corrected chi connectivity index (χ1v) is 11.9. The maximum Gasteiger partial charge on any atom is 0.151 e. The van der Waals surface area contributed by atoms with Crippen LogP contribution in [0.15, 0.2) is 53.1 Å². The summed E-state index contributed by atoms with van der Waals surface area (Å²) in [5, 5.41) is 4.25. The minimum atomic E-state index is 0.753. The van der Waals surface area contributed by atoms with Gasteiger partial charge in [-0.2, -0.15) is 0 Å². The third-order valence-corrected chi connectivity index (χ3v) is 6.45. The molecule has 0 aliphatic carbocycles. The van der Waals surface area contributed by atoms with Gasteiger partial charge in [0.1, 0.15) is 11.4 Å². The van der Waals surface area contributed by atoms with Crippen LogP contribution in [0.5, 0.6) is 5.75 Å². The highest BCUT2D eigenvalue weighted by Gasteiger charge is 2.18. The summed E-state index contributed by atoms with van der Waals surface area (Å²) in [5.41, 5.74) is 5.88. The van der Waals surface area contributed by atoms with Gasteiger partial charge in [-0.3, -0.25) is 9.80 Å². The third-order valence-electron chi connectivity index (χ3n) is 6.45. The molecule has 2 aromatic carbocycles.